The Balaban J connectivity index is 1.54. The third-order valence-electron chi connectivity index (χ3n) is 4.24. The maximum Gasteiger partial charge on any atom is 0.161 e. The van der Waals surface area contributed by atoms with Crippen molar-refractivity contribution in [2.45, 2.75) is 32.1 Å². The second-order valence-electron chi connectivity index (χ2n) is 6.13. The van der Waals surface area contributed by atoms with Crippen molar-refractivity contribution in [2.24, 2.45) is 0 Å². The molecule has 2 aromatic rings. The molecule has 134 valence electrons. The minimum atomic E-state index is 0.400. The van der Waals surface area contributed by atoms with Gasteiger partial charge >= 0.3 is 0 Å². The molecule has 5 nitrogen and oxygen atoms in total. The van der Waals surface area contributed by atoms with Gasteiger partial charge in [0.1, 0.15) is 31.0 Å². The Hall–Kier alpha value is -1.82. The molecule has 2 heterocycles. The molecular formula is C19H24ClN2O3+. The number of rotatable bonds is 8. The van der Waals surface area contributed by atoms with E-state index in [2.05, 4.69) is 16.4 Å². The zero-order chi connectivity index (χ0) is 17.5. The van der Waals surface area contributed by atoms with Crippen LogP contribution >= 0.6 is 11.6 Å². The molecule has 0 spiro atoms. The Labute approximate surface area is 153 Å². The normalized spacial score (nSPS) is 16.8. The van der Waals surface area contributed by atoms with Crippen molar-refractivity contribution in [1.82, 2.24) is 4.98 Å². The quantitative estimate of drug-likeness (QED) is 0.732. The number of ether oxygens (including phenoxy) is 3. The lowest BCUT2D eigenvalue weighted by Gasteiger charge is -2.12. The first-order valence-electron chi connectivity index (χ1n) is 8.58. The number of quaternary nitrogens is 1. The summed E-state index contributed by atoms with van der Waals surface area (Å²) in [6, 6.07) is 9.71. The molecule has 0 saturated carbocycles. The lowest BCUT2D eigenvalue weighted by Crippen LogP contribution is -2.84. The number of nitrogens with two attached hydrogens (primary N) is 1. The van der Waals surface area contributed by atoms with E-state index in [9.17, 15) is 0 Å². The summed E-state index contributed by atoms with van der Waals surface area (Å²) in [5, 5.41) is 2.76. The molecule has 1 aromatic heterocycles. The van der Waals surface area contributed by atoms with E-state index in [1.165, 1.54) is 18.4 Å². The van der Waals surface area contributed by atoms with E-state index in [0.29, 0.717) is 17.9 Å². The van der Waals surface area contributed by atoms with Crippen LogP contribution in [0.4, 0.5) is 0 Å². The third kappa shape index (κ3) is 5.33. The van der Waals surface area contributed by atoms with Gasteiger partial charge in [-0.3, -0.25) is 0 Å². The molecular weight excluding hydrogens is 340 g/mol. The number of pyridine rings is 1. The van der Waals surface area contributed by atoms with Gasteiger partial charge in [0.2, 0.25) is 0 Å². The predicted octanol–water partition coefficient (Wildman–Crippen LogP) is 2.57. The molecule has 0 aliphatic carbocycles. The number of hydrogen-bond donors (Lipinski definition) is 1. The largest absolute Gasteiger partial charge is 0.493 e. The molecule has 3 rings (SSSR count). The van der Waals surface area contributed by atoms with Crippen molar-refractivity contribution in [1.29, 1.82) is 0 Å². The Bertz CT molecular complexity index is 673. The molecule has 0 amide bonds. The van der Waals surface area contributed by atoms with E-state index >= 15 is 0 Å². The van der Waals surface area contributed by atoms with Crippen LogP contribution in [0.5, 0.6) is 11.5 Å². The van der Waals surface area contributed by atoms with Gasteiger partial charge in [0.25, 0.3) is 0 Å². The molecule has 1 aliphatic heterocycles. The Kier molecular flexibility index (Phi) is 6.50. The van der Waals surface area contributed by atoms with E-state index in [0.717, 1.165) is 36.8 Å². The average molecular weight is 364 g/mol. The zero-order valence-corrected chi connectivity index (χ0v) is 15.2. The lowest BCUT2D eigenvalue weighted by atomic mass is 10.2. The number of methoxy groups -OCH3 is 1. The molecule has 2 N–H and O–H groups in total. The minimum absolute atomic E-state index is 0.400. The number of halogens is 1. The van der Waals surface area contributed by atoms with Crippen LogP contribution in [0.1, 0.15) is 24.0 Å². The van der Waals surface area contributed by atoms with Crippen LogP contribution in [0.25, 0.3) is 0 Å². The van der Waals surface area contributed by atoms with Gasteiger partial charge in [0, 0.05) is 23.9 Å². The molecule has 6 heteroatoms. The molecule has 1 aromatic carbocycles. The van der Waals surface area contributed by atoms with E-state index in [4.69, 9.17) is 25.8 Å². The van der Waals surface area contributed by atoms with Crippen LogP contribution in [-0.2, 0) is 17.9 Å². The second kappa shape index (κ2) is 9.04. The van der Waals surface area contributed by atoms with Gasteiger partial charge < -0.3 is 19.5 Å². The molecule has 1 saturated heterocycles. The highest BCUT2D eigenvalue weighted by molar-refractivity contribution is 6.29. The summed E-state index contributed by atoms with van der Waals surface area (Å²) in [6.45, 7) is 3.23. The summed E-state index contributed by atoms with van der Waals surface area (Å²) in [5.74, 6) is 1.46. The van der Waals surface area contributed by atoms with Crippen LogP contribution in [0.3, 0.4) is 0 Å². The number of benzene rings is 1. The summed E-state index contributed by atoms with van der Waals surface area (Å²) in [7, 11) is 1.66. The summed E-state index contributed by atoms with van der Waals surface area (Å²) < 4.78 is 17.0. The van der Waals surface area contributed by atoms with Crippen LogP contribution in [-0.4, -0.2) is 31.3 Å². The van der Waals surface area contributed by atoms with Crippen molar-refractivity contribution in [3.63, 3.8) is 0 Å². The Morgan fingerprint density at radius 1 is 1.24 bits per heavy atom. The molecule has 1 fully saturated rings. The lowest BCUT2D eigenvalue weighted by molar-refractivity contribution is -0.676. The monoisotopic (exact) mass is 363 g/mol. The fourth-order valence-corrected chi connectivity index (χ4v) is 2.99. The fourth-order valence-electron chi connectivity index (χ4n) is 2.88. The van der Waals surface area contributed by atoms with Crippen molar-refractivity contribution in [3.8, 4) is 11.5 Å². The van der Waals surface area contributed by atoms with Crippen LogP contribution in [0.2, 0.25) is 5.15 Å². The van der Waals surface area contributed by atoms with E-state index in [1.807, 2.05) is 18.2 Å². The molecule has 1 atom stereocenters. The number of aromatic nitrogens is 1. The van der Waals surface area contributed by atoms with Gasteiger partial charge in [-0.1, -0.05) is 17.7 Å². The van der Waals surface area contributed by atoms with E-state index < -0.39 is 0 Å². The Morgan fingerprint density at radius 2 is 2.12 bits per heavy atom. The van der Waals surface area contributed by atoms with Gasteiger partial charge in [-0.2, -0.15) is 0 Å². The average Bonchev–Trinajstić information content (AvgIpc) is 3.15. The molecule has 25 heavy (non-hydrogen) atoms. The van der Waals surface area contributed by atoms with Crippen molar-refractivity contribution < 1.29 is 19.5 Å². The summed E-state index contributed by atoms with van der Waals surface area (Å²) in [4.78, 5) is 4.05. The smallest absolute Gasteiger partial charge is 0.161 e. The zero-order valence-electron chi connectivity index (χ0n) is 14.4. The topological polar surface area (TPSA) is 57.2 Å². The summed E-state index contributed by atoms with van der Waals surface area (Å²) >= 11 is 5.79. The summed E-state index contributed by atoms with van der Waals surface area (Å²) in [6.07, 6.45) is 4.47. The highest BCUT2D eigenvalue weighted by atomic mass is 35.5. The van der Waals surface area contributed by atoms with Gasteiger partial charge in [0.15, 0.2) is 11.5 Å². The number of hydrogen-bond acceptors (Lipinski definition) is 4. The standard InChI is InChI=1S/C19H23ClN2O3/c1-23-18-9-14(10-21-12-16-3-2-8-24-16)4-6-17(18)25-13-15-5-7-19(20)22-11-15/h4-7,9,11,16,21H,2-3,8,10,12-13H2,1H3/p+1/t16-/m0/s1. The van der Waals surface area contributed by atoms with Gasteiger partial charge in [-0.25, -0.2) is 4.98 Å². The van der Waals surface area contributed by atoms with Crippen LogP contribution in [0.15, 0.2) is 36.5 Å². The maximum atomic E-state index is 5.86. The van der Waals surface area contributed by atoms with Gasteiger partial charge in [-0.05, 0) is 37.1 Å². The first kappa shape index (κ1) is 18.0. The first-order valence-corrected chi connectivity index (χ1v) is 8.96. The van der Waals surface area contributed by atoms with E-state index in [-0.39, 0.29) is 0 Å². The van der Waals surface area contributed by atoms with Gasteiger partial charge in [-0.15, -0.1) is 0 Å². The van der Waals surface area contributed by atoms with Crippen molar-refractivity contribution in [2.75, 3.05) is 20.3 Å². The third-order valence-corrected chi connectivity index (χ3v) is 4.47. The second-order valence-corrected chi connectivity index (χ2v) is 6.51. The molecule has 0 bridgehead atoms. The predicted molar refractivity (Wildman–Crippen MR) is 96.0 cm³/mol. The maximum absolute atomic E-state index is 5.86. The fraction of sp³-hybridized carbons (Fsp3) is 0.421. The Morgan fingerprint density at radius 3 is 2.84 bits per heavy atom. The SMILES string of the molecule is COc1cc(C[NH2+]C[C@@H]2CCCO2)ccc1OCc1ccc(Cl)nc1. The van der Waals surface area contributed by atoms with Crippen molar-refractivity contribution >= 4 is 11.6 Å². The van der Waals surface area contributed by atoms with Crippen LogP contribution in [0, 0.1) is 0 Å². The van der Waals surface area contributed by atoms with Crippen molar-refractivity contribution in [3.05, 3.63) is 52.8 Å². The summed E-state index contributed by atoms with van der Waals surface area (Å²) in [5.41, 5.74) is 2.16. The molecule has 1 aliphatic rings. The molecule has 0 radical (unpaired) electrons. The first-order chi connectivity index (χ1) is 12.2. The number of nitrogens with zero attached hydrogens (tertiary/aromatic N) is 1. The highest BCUT2D eigenvalue weighted by Crippen LogP contribution is 2.28. The highest BCUT2D eigenvalue weighted by Gasteiger charge is 2.17. The minimum Gasteiger partial charge on any atom is -0.493 e. The van der Waals surface area contributed by atoms with Crippen LogP contribution < -0.4 is 14.8 Å². The van der Waals surface area contributed by atoms with Gasteiger partial charge in [0.05, 0.1) is 7.11 Å². The molecule has 0 unspecified atom stereocenters. The van der Waals surface area contributed by atoms with E-state index in [1.54, 1.807) is 19.4 Å².